The fourth-order valence-corrected chi connectivity index (χ4v) is 2.46. The third-order valence-corrected chi connectivity index (χ3v) is 3.77. The Kier molecular flexibility index (Phi) is 4.91. The monoisotopic (exact) mass is 390 g/mol. The average molecular weight is 391 g/mol. The van der Waals surface area contributed by atoms with E-state index in [1.807, 2.05) is 0 Å². The molecule has 0 radical (unpaired) electrons. The SMILES string of the molecule is CC1(C)OC(=O)C(=CNc2ccc(NC(=O)c3ccco3)c(Cl)c2)C(=O)O1. The molecule has 0 atom stereocenters. The van der Waals surface area contributed by atoms with Crippen molar-refractivity contribution in [3.05, 3.63) is 59.2 Å². The maximum Gasteiger partial charge on any atom is 0.350 e. The van der Waals surface area contributed by atoms with Gasteiger partial charge in [0.2, 0.25) is 0 Å². The van der Waals surface area contributed by atoms with Gasteiger partial charge in [0.1, 0.15) is 0 Å². The molecule has 1 aliphatic heterocycles. The highest BCUT2D eigenvalue weighted by Gasteiger charge is 2.38. The molecular formula is C18H15ClN2O6. The van der Waals surface area contributed by atoms with Crippen LogP contribution in [0, 0.1) is 0 Å². The molecule has 2 heterocycles. The number of halogens is 1. The van der Waals surface area contributed by atoms with E-state index in [1.54, 1.807) is 18.2 Å². The van der Waals surface area contributed by atoms with Crippen LogP contribution >= 0.6 is 11.6 Å². The third-order valence-electron chi connectivity index (χ3n) is 3.46. The number of carbonyl (C=O) groups excluding carboxylic acids is 3. The number of furan rings is 1. The normalized spacial score (nSPS) is 15.6. The number of nitrogens with one attached hydrogen (secondary N) is 2. The van der Waals surface area contributed by atoms with E-state index >= 15 is 0 Å². The van der Waals surface area contributed by atoms with Gasteiger partial charge in [0.15, 0.2) is 11.3 Å². The molecule has 9 heteroatoms. The number of amides is 1. The van der Waals surface area contributed by atoms with Crippen molar-refractivity contribution < 1.29 is 28.3 Å². The second-order valence-electron chi connectivity index (χ2n) is 6.01. The van der Waals surface area contributed by atoms with Crippen molar-refractivity contribution in [2.24, 2.45) is 0 Å². The molecule has 1 amide bonds. The highest BCUT2D eigenvalue weighted by Crippen LogP contribution is 2.27. The summed E-state index contributed by atoms with van der Waals surface area (Å²) in [6.45, 7) is 2.92. The first-order chi connectivity index (χ1) is 12.7. The fraction of sp³-hybridized carbons (Fsp3) is 0.167. The molecule has 140 valence electrons. The second-order valence-corrected chi connectivity index (χ2v) is 6.41. The highest BCUT2D eigenvalue weighted by molar-refractivity contribution is 6.34. The Balaban J connectivity index is 1.70. The maximum atomic E-state index is 12.0. The van der Waals surface area contributed by atoms with E-state index in [0.717, 1.165) is 0 Å². The predicted molar refractivity (Wildman–Crippen MR) is 96.1 cm³/mol. The van der Waals surface area contributed by atoms with Crippen molar-refractivity contribution >= 4 is 40.8 Å². The number of benzene rings is 1. The fourth-order valence-electron chi connectivity index (χ4n) is 2.23. The van der Waals surface area contributed by atoms with E-state index in [4.69, 9.17) is 25.5 Å². The molecule has 8 nitrogen and oxygen atoms in total. The van der Waals surface area contributed by atoms with E-state index < -0.39 is 23.6 Å². The lowest BCUT2D eigenvalue weighted by molar-refractivity contribution is -0.222. The van der Waals surface area contributed by atoms with E-state index in [-0.39, 0.29) is 16.4 Å². The molecule has 1 aromatic carbocycles. The van der Waals surface area contributed by atoms with Gasteiger partial charge in [-0.15, -0.1) is 0 Å². The Hall–Kier alpha value is -3.26. The van der Waals surface area contributed by atoms with Crippen molar-refractivity contribution in [2.45, 2.75) is 19.6 Å². The summed E-state index contributed by atoms with van der Waals surface area (Å²) in [4.78, 5) is 35.7. The summed E-state index contributed by atoms with van der Waals surface area (Å²) in [6.07, 6.45) is 2.56. The topological polar surface area (TPSA) is 107 Å². The highest BCUT2D eigenvalue weighted by atomic mass is 35.5. The first kappa shape index (κ1) is 18.5. The molecule has 27 heavy (non-hydrogen) atoms. The molecule has 0 aliphatic carbocycles. The van der Waals surface area contributed by atoms with Gasteiger partial charge in [-0.25, -0.2) is 9.59 Å². The van der Waals surface area contributed by atoms with Gasteiger partial charge in [-0.1, -0.05) is 11.6 Å². The summed E-state index contributed by atoms with van der Waals surface area (Å²) < 4.78 is 15.0. The zero-order valence-corrected chi connectivity index (χ0v) is 15.1. The van der Waals surface area contributed by atoms with Gasteiger partial charge in [-0.3, -0.25) is 4.79 Å². The molecule has 1 aliphatic rings. The number of esters is 2. The largest absolute Gasteiger partial charge is 0.459 e. The van der Waals surface area contributed by atoms with Crippen molar-refractivity contribution in [3.63, 3.8) is 0 Å². The van der Waals surface area contributed by atoms with Gasteiger partial charge in [0, 0.05) is 25.7 Å². The van der Waals surface area contributed by atoms with Crippen LogP contribution in [0.1, 0.15) is 24.4 Å². The van der Waals surface area contributed by atoms with Crippen LogP contribution in [0.25, 0.3) is 0 Å². The molecule has 0 saturated carbocycles. The molecule has 0 bridgehead atoms. The van der Waals surface area contributed by atoms with E-state index in [1.165, 1.54) is 38.4 Å². The summed E-state index contributed by atoms with van der Waals surface area (Å²) >= 11 is 6.16. The van der Waals surface area contributed by atoms with Gasteiger partial charge in [0.25, 0.3) is 11.7 Å². The summed E-state index contributed by atoms with van der Waals surface area (Å²) in [5.41, 5.74) is 0.573. The maximum absolute atomic E-state index is 12.0. The minimum atomic E-state index is -1.30. The Morgan fingerprint density at radius 3 is 2.44 bits per heavy atom. The molecule has 2 aromatic rings. The molecule has 1 fully saturated rings. The van der Waals surface area contributed by atoms with Crippen LogP contribution in [0.3, 0.4) is 0 Å². The Bertz CT molecular complexity index is 911. The predicted octanol–water partition coefficient (Wildman–Crippen LogP) is 3.32. The number of carbonyl (C=O) groups is 3. The van der Waals surface area contributed by atoms with Gasteiger partial charge in [0.05, 0.1) is 17.0 Å². The average Bonchev–Trinajstić information content (AvgIpc) is 3.10. The lowest BCUT2D eigenvalue weighted by Crippen LogP contribution is -2.42. The Morgan fingerprint density at radius 2 is 1.85 bits per heavy atom. The van der Waals surface area contributed by atoms with E-state index in [0.29, 0.717) is 11.4 Å². The van der Waals surface area contributed by atoms with Crippen LogP contribution in [-0.2, 0) is 19.1 Å². The Morgan fingerprint density at radius 1 is 1.15 bits per heavy atom. The van der Waals surface area contributed by atoms with E-state index in [9.17, 15) is 14.4 Å². The van der Waals surface area contributed by atoms with Crippen LogP contribution in [0.15, 0.2) is 52.8 Å². The molecule has 0 spiro atoms. The van der Waals surface area contributed by atoms with Crippen molar-refractivity contribution in [1.29, 1.82) is 0 Å². The molecule has 3 rings (SSSR count). The number of cyclic esters (lactones) is 2. The van der Waals surface area contributed by atoms with Crippen LogP contribution in [0.5, 0.6) is 0 Å². The number of hydrogen-bond donors (Lipinski definition) is 2. The number of hydrogen-bond acceptors (Lipinski definition) is 7. The summed E-state index contributed by atoms with van der Waals surface area (Å²) in [7, 11) is 0. The molecule has 1 saturated heterocycles. The summed E-state index contributed by atoms with van der Waals surface area (Å²) in [6, 6.07) is 7.79. The van der Waals surface area contributed by atoms with Gasteiger partial charge in [-0.2, -0.15) is 0 Å². The summed E-state index contributed by atoms with van der Waals surface area (Å²) in [5.74, 6) is -3.19. The molecular weight excluding hydrogens is 376 g/mol. The van der Waals surface area contributed by atoms with E-state index in [2.05, 4.69) is 10.6 Å². The van der Waals surface area contributed by atoms with Crippen LogP contribution in [0.2, 0.25) is 5.02 Å². The van der Waals surface area contributed by atoms with Crippen molar-refractivity contribution in [1.82, 2.24) is 0 Å². The minimum Gasteiger partial charge on any atom is -0.459 e. The number of anilines is 2. The van der Waals surface area contributed by atoms with Gasteiger partial charge < -0.3 is 24.5 Å². The molecule has 0 unspecified atom stereocenters. The van der Waals surface area contributed by atoms with Crippen LogP contribution in [-0.4, -0.2) is 23.6 Å². The lowest BCUT2D eigenvalue weighted by Gasteiger charge is -2.29. The van der Waals surface area contributed by atoms with Crippen LogP contribution in [0.4, 0.5) is 11.4 Å². The molecule has 1 aromatic heterocycles. The quantitative estimate of drug-likeness (QED) is 0.468. The minimum absolute atomic E-state index is 0.148. The number of ether oxygens (including phenoxy) is 2. The smallest absolute Gasteiger partial charge is 0.350 e. The van der Waals surface area contributed by atoms with Crippen LogP contribution < -0.4 is 10.6 Å². The first-order valence-corrected chi connectivity index (χ1v) is 8.21. The lowest BCUT2D eigenvalue weighted by atomic mass is 10.2. The standard InChI is InChI=1S/C18H15ClN2O6/c1-18(2)26-16(23)11(17(24)27-18)9-20-10-5-6-13(12(19)8-10)21-15(22)14-4-3-7-25-14/h3-9,20H,1-2H3,(H,21,22). The Labute approximate surface area is 159 Å². The van der Waals surface area contributed by atoms with Crippen molar-refractivity contribution in [3.8, 4) is 0 Å². The van der Waals surface area contributed by atoms with Gasteiger partial charge >= 0.3 is 11.9 Å². The van der Waals surface area contributed by atoms with Crippen molar-refractivity contribution in [2.75, 3.05) is 10.6 Å². The second kappa shape index (κ2) is 7.16. The first-order valence-electron chi connectivity index (χ1n) is 7.83. The zero-order chi connectivity index (χ0) is 19.6. The third kappa shape index (κ3) is 4.29. The summed E-state index contributed by atoms with van der Waals surface area (Å²) in [5, 5.41) is 5.63. The van der Waals surface area contributed by atoms with Gasteiger partial charge in [-0.05, 0) is 30.3 Å². The number of rotatable bonds is 4. The zero-order valence-electron chi connectivity index (χ0n) is 14.4. The molecule has 2 N–H and O–H groups in total.